The number of hydrogen-bond acceptors (Lipinski definition) is 4. The first-order chi connectivity index (χ1) is 17.6. The van der Waals surface area contributed by atoms with Gasteiger partial charge in [0.15, 0.2) is 0 Å². The van der Waals surface area contributed by atoms with E-state index in [1.807, 2.05) is 12.1 Å². The van der Waals surface area contributed by atoms with Gasteiger partial charge in [-0.05, 0) is 66.3 Å². The fraction of sp³-hybridized carbons (Fsp3) is 0.387. The fourth-order valence-electron chi connectivity index (χ4n) is 4.77. The van der Waals surface area contributed by atoms with Crippen LogP contribution in [0.1, 0.15) is 75.0 Å². The van der Waals surface area contributed by atoms with E-state index in [-0.39, 0.29) is 5.57 Å². The zero-order valence-electron chi connectivity index (χ0n) is 21.2. The van der Waals surface area contributed by atoms with Crippen molar-refractivity contribution in [1.29, 1.82) is 10.5 Å². The summed E-state index contributed by atoms with van der Waals surface area (Å²) in [6, 6.07) is 18.4. The van der Waals surface area contributed by atoms with Crippen LogP contribution in [0.15, 0.2) is 59.7 Å². The number of unbranched alkanes of at least 4 members (excludes halogenated alkanes) is 7. The Bertz CT molecular complexity index is 1200. The Morgan fingerprint density at radius 2 is 1.58 bits per heavy atom. The number of hydrogen-bond donors (Lipinski definition) is 1. The van der Waals surface area contributed by atoms with Gasteiger partial charge in [0.25, 0.3) is 0 Å². The Balaban J connectivity index is 1.81. The van der Waals surface area contributed by atoms with Crippen molar-refractivity contribution < 1.29 is 9.90 Å². The minimum absolute atomic E-state index is 0.140. The molecule has 0 amide bonds. The van der Waals surface area contributed by atoms with Gasteiger partial charge in [-0.3, -0.25) is 0 Å². The lowest BCUT2D eigenvalue weighted by atomic mass is 10.0. The lowest BCUT2D eigenvalue weighted by Crippen LogP contribution is -2.19. The molecule has 0 saturated heterocycles. The maximum atomic E-state index is 11.2. The predicted molar refractivity (Wildman–Crippen MR) is 145 cm³/mol. The summed E-state index contributed by atoms with van der Waals surface area (Å²) in [5.74, 6) is -1.34. The van der Waals surface area contributed by atoms with Gasteiger partial charge in [0.2, 0.25) is 0 Å². The topological polar surface area (TPSA) is 88.1 Å². The van der Waals surface area contributed by atoms with E-state index in [0.717, 1.165) is 37.4 Å². The van der Waals surface area contributed by atoms with Crippen LogP contribution in [0.25, 0.3) is 6.08 Å². The molecule has 3 rings (SSSR count). The van der Waals surface area contributed by atoms with Crippen LogP contribution < -0.4 is 4.90 Å². The molecule has 0 atom stereocenters. The van der Waals surface area contributed by atoms with Gasteiger partial charge < -0.3 is 10.0 Å². The van der Waals surface area contributed by atoms with Gasteiger partial charge in [0.1, 0.15) is 11.6 Å². The molecule has 0 unspecified atom stereocenters. The van der Waals surface area contributed by atoms with E-state index in [0.29, 0.717) is 0 Å². The molecule has 0 spiro atoms. The monoisotopic (exact) mass is 481 g/mol. The highest BCUT2D eigenvalue weighted by Crippen LogP contribution is 2.37. The number of aliphatic carboxylic acids is 1. The Morgan fingerprint density at radius 3 is 2.28 bits per heavy atom. The molecular weight excluding hydrogens is 446 g/mol. The first-order valence-electron chi connectivity index (χ1n) is 13.0. The molecule has 1 N–H and O–H groups in total. The van der Waals surface area contributed by atoms with Crippen LogP contribution in [-0.4, -0.2) is 17.6 Å². The summed E-state index contributed by atoms with van der Waals surface area (Å²) in [5.41, 5.74) is 5.51. The van der Waals surface area contributed by atoms with Crippen molar-refractivity contribution in [2.75, 3.05) is 11.4 Å². The average Bonchev–Trinajstić information content (AvgIpc) is 3.04. The summed E-state index contributed by atoms with van der Waals surface area (Å²) in [7, 11) is 0. The molecular formula is C31H35N3O2. The zero-order valence-corrected chi connectivity index (χ0v) is 21.2. The van der Waals surface area contributed by atoms with Crippen LogP contribution in [0.4, 0.5) is 11.4 Å². The smallest absolute Gasteiger partial charge is 0.346 e. The molecule has 5 nitrogen and oxygen atoms in total. The van der Waals surface area contributed by atoms with Gasteiger partial charge in [-0.25, -0.2) is 4.79 Å². The third kappa shape index (κ3) is 7.33. The van der Waals surface area contributed by atoms with Crippen LogP contribution in [0.5, 0.6) is 0 Å². The number of carboxylic acid groups (broad SMARTS) is 1. The minimum Gasteiger partial charge on any atom is -0.477 e. The van der Waals surface area contributed by atoms with E-state index in [9.17, 15) is 10.1 Å². The number of anilines is 2. The van der Waals surface area contributed by atoms with Crippen molar-refractivity contribution in [3.05, 3.63) is 76.4 Å². The molecule has 1 aliphatic heterocycles. The molecule has 36 heavy (non-hydrogen) atoms. The SMILES string of the molecule is CCCCCCCCCCN1c2ccccc2CCc2cc(/C=C(C#N)\C=C(\C#N)C(=O)O)ccc21. The van der Waals surface area contributed by atoms with E-state index >= 15 is 0 Å². The highest BCUT2D eigenvalue weighted by molar-refractivity contribution is 5.92. The van der Waals surface area contributed by atoms with Gasteiger partial charge in [-0.15, -0.1) is 0 Å². The first-order valence-corrected chi connectivity index (χ1v) is 13.0. The Labute approximate surface area is 215 Å². The zero-order chi connectivity index (χ0) is 25.8. The Hall–Kier alpha value is -3.83. The average molecular weight is 482 g/mol. The van der Waals surface area contributed by atoms with Crippen molar-refractivity contribution >= 4 is 23.4 Å². The van der Waals surface area contributed by atoms with Crippen molar-refractivity contribution in [3.63, 3.8) is 0 Å². The van der Waals surface area contributed by atoms with E-state index in [1.165, 1.54) is 67.4 Å². The predicted octanol–water partition coefficient (Wildman–Crippen LogP) is 7.51. The quantitative estimate of drug-likeness (QED) is 0.147. The molecule has 0 radical (unpaired) electrons. The highest BCUT2D eigenvalue weighted by atomic mass is 16.4. The van der Waals surface area contributed by atoms with Crippen molar-refractivity contribution in [3.8, 4) is 12.1 Å². The second kappa shape index (κ2) is 13.9. The Morgan fingerprint density at radius 1 is 0.917 bits per heavy atom. The van der Waals surface area contributed by atoms with Crippen LogP contribution in [0.3, 0.4) is 0 Å². The highest BCUT2D eigenvalue weighted by Gasteiger charge is 2.20. The molecule has 0 aliphatic carbocycles. The van der Waals surface area contributed by atoms with Crippen molar-refractivity contribution in [2.24, 2.45) is 0 Å². The van der Waals surface area contributed by atoms with Gasteiger partial charge in [0, 0.05) is 17.9 Å². The third-order valence-corrected chi connectivity index (χ3v) is 6.68. The van der Waals surface area contributed by atoms with Gasteiger partial charge in [-0.1, -0.05) is 76.1 Å². The fourth-order valence-corrected chi connectivity index (χ4v) is 4.77. The molecule has 0 saturated carbocycles. The summed E-state index contributed by atoms with van der Waals surface area (Å²) in [6.07, 6.45) is 14.8. The number of aryl methyl sites for hydroxylation is 2. The van der Waals surface area contributed by atoms with Crippen LogP contribution >= 0.6 is 0 Å². The summed E-state index contributed by atoms with van der Waals surface area (Å²) in [6.45, 7) is 3.21. The number of fused-ring (bicyclic) bond motifs is 2. The molecule has 1 heterocycles. The molecule has 2 aromatic rings. The molecule has 0 aromatic heterocycles. The summed E-state index contributed by atoms with van der Waals surface area (Å²) in [4.78, 5) is 13.6. The maximum absolute atomic E-state index is 11.2. The van der Waals surface area contributed by atoms with Crippen molar-refractivity contribution in [2.45, 2.75) is 71.1 Å². The number of allylic oxidation sites excluding steroid dienone is 2. The van der Waals surface area contributed by atoms with Crippen LogP contribution in [0, 0.1) is 22.7 Å². The van der Waals surface area contributed by atoms with E-state index in [4.69, 9.17) is 10.4 Å². The largest absolute Gasteiger partial charge is 0.477 e. The standard InChI is InChI=1S/C31H35N3O2/c1-2-3-4-5-6-7-8-11-18-34-29-13-10-9-12-26(29)15-16-27-20-24(14-17-30(27)34)19-25(22-32)21-28(23-33)31(35)36/h9-10,12-14,17,19-21H,2-8,11,15-16,18H2,1H3,(H,35,36)/b25-19+,28-21-. The molecule has 2 aromatic carbocycles. The number of nitriles is 2. The molecule has 5 heteroatoms. The maximum Gasteiger partial charge on any atom is 0.346 e. The minimum atomic E-state index is -1.34. The molecule has 186 valence electrons. The number of nitrogens with zero attached hydrogens (tertiary/aromatic N) is 3. The number of benzene rings is 2. The van der Waals surface area contributed by atoms with E-state index < -0.39 is 11.5 Å². The van der Waals surface area contributed by atoms with Gasteiger partial charge in [-0.2, -0.15) is 10.5 Å². The normalized spacial score (nSPS) is 13.2. The molecule has 1 aliphatic rings. The van der Waals surface area contributed by atoms with Crippen LogP contribution in [-0.2, 0) is 17.6 Å². The van der Waals surface area contributed by atoms with Gasteiger partial charge >= 0.3 is 5.97 Å². The number of carboxylic acids is 1. The lowest BCUT2D eigenvalue weighted by Gasteiger charge is -2.27. The first kappa shape index (κ1) is 26.8. The third-order valence-electron chi connectivity index (χ3n) is 6.68. The second-order valence-electron chi connectivity index (χ2n) is 9.33. The van der Waals surface area contributed by atoms with E-state index in [2.05, 4.69) is 48.2 Å². The number of rotatable bonds is 12. The summed E-state index contributed by atoms with van der Waals surface area (Å²) < 4.78 is 0. The van der Waals surface area contributed by atoms with E-state index in [1.54, 1.807) is 12.1 Å². The number of para-hydroxylation sites is 1. The molecule has 0 bridgehead atoms. The van der Waals surface area contributed by atoms with Crippen molar-refractivity contribution in [1.82, 2.24) is 0 Å². The summed E-state index contributed by atoms with van der Waals surface area (Å²) in [5, 5.41) is 27.6. The van der Waals surface area contributed by atoms with Gasteiger partial charge in [0.05, 0.1) is 11.6 Å². The molecule has 0 fully saturated rings. The Kier molecular flexibility index (Phi) is 10.3. The second-order valence-corrected chi connectivity index (χ2v) is 9.33. The summed E-state index contributed by atoms with van der Waals surface area (Å²) >= 11 is 0. The van der Waals surface area contributed by atoms with Crippen LogP contribution in [0.2, 0.25) is 0 Å². The number of carbonyl (C=O) groups is 1. The lowest BCUT2D eigenvalue weighted by molar-refractivity contribution is -0.132.